The number of benzene rings is 2. The summed E-state index contributed by atoms with van der Waals surface area (Å²) >= 11 is 0. The lowest BCUT2D eigenvalue weighted by Crippen LogP contribution is -2.47. The Hall–Kier alpha value is -2.88. The van der Waals surface area contributed by atoms with Crippen LogP contribution in [0.5, 0.6) is 0 Å². The second kappa shape index (κ2) is 17.0. The molecule has 2 amide bonds. The molecular weight excluding hydrogens is 516 g/mol. The molecule has 0 aliphatic rings. The number of nitrogens with zero attached hydrogens (tertiary/aromatic N) is 2. The summed E-state index contributed by atoms with van der Waals surface area (Å²) < 4.78 is 27.3. The van der Waals surface area contributed by atoms with Crippen LogP contribution >= 0.6 is 0 Å². The minimum atomic E-state index is -1.15. The van der Waals surface area contributed by atoms with Gasteiger partial charge >= 0.3 is 0 Å². The number of hydrogen-bond donors (Lipinski definition) is 3. The molecule has 222 valence electrons. The van der Waals surface area contributed by atoms with E-state index in [1.807, 2.05) is 20.8 Å². The highest BCUT2D eigenvalue weighted by molar-refractivity contribution is 6.00. The summed E-state index contributed by atoms with van der Waals surface area (Å²) in [5.74, 6) is -1.91. The van der Waals surface area contributed by atoms with Crippen molar-refractivity contribution in [3.8, 4) is 0 Å². The van der Waals surface area contributed by atoms with Crippen molar-refractivity contribution < 1.29 is 28.6 Å². The van der Waals surface area contributed by atoms with E-state index in [-0.39, 0.29) is 31.4 Å². The third-order valence-electron chi connectivity index (χ3n) is 6.76. The molecule has 0 bridgehead atoms. The van der Waals surface area contributed by atoms with Crippen LogP contribution in [-0.2, 0) is 6.42 Å². The van der Waals surface area contributed by atoms with E-state index in [1.165, 1.54) is 17.0 Å². The number of aryl methyl sites for hydroxylation is 1. The van der Waals surface area contributed by atoms with Gasteiger partial charge in [-0.25, -0.2) is 8.78 Å². The molecule has 2 aromatic carbocycles. The molecular formula is C31H45F2N3O4. The standard InChI is InChI=1S/C31H45F2N3O4/c1-4-10-35(11-5-2)30(39)24-14-22(3)15-25(19-24)31(40)36(12-8-6-7-9-13-37)21-29(38)28(34)18-23-16-26(32)20-27(33)17-23/h14-17,19-20,28-29,37-38H,4-13,18,21,34H2,1-3H3/t28-,29+/m0/s1. The van der Waals surface area contributed by atoms with Crippen LogP contribution in [0.1, 0.15) is 84.2 Å². The monoisotopic (exact) mass is 561 g/mol. The van der Waals surface area contributed by atoms with Crippen molar-refractivity contribution in [2.75, 3.05) is 32.8 Å². The Bertz CT molecular complexity index is 1070. The number of nitrogens with two attached hydrogens (primary N) is 1. The lowest BCUT2D eigenvalue weighted by atomic mass is 10.0. The first kappa shape index (κ1) is 33.3. The SMILES string of the molecule is CCCN(CCC)C(=O)c1cc(C)cc(C(=O)N(CCCCCCO)C[C@@H](O)[C@@H](N)Cc2cc(F)cc(F)c2)c1. The predicted octanol–water partition coefficient (Wildman–Crippen LogP) is 4.46. The van der Waals surface area contributed by atoms with Crippen molar-refractivity contribution in [1.82, 2.24) is 9.80 Å². The summed E-state index contributed by atoms with van der Waals surface area (Å²) in [6.07, 6.45) is 3.45. The minimum Gasteiger partial charge on any atom is -0.396 e. The van der Waals surface area contributed by atoms with Gasteiger partial charge in [0, 0.05) is 56.0 Å². The Morgan fingerprint density at radius 2 is 1.38 bits per heavy atom. The smallest absolute Gasteiger partial charge is 0.253 e. The van der Waals surface area contributed by atoms with Crippen LogP contribution in [-0.4, -0.2) is 76.8 Å². The maximum atomic E-state index is 13.7. The fourth-order valence-electron chi connectivity index (χ4n) is 4.79. The highest BCUT2D eigenvalue weighted by Crippen LogP contribution is 2.17. The van der Waals surface area contributed by atoms with Gasteiger partial charge in [0.1, 0.15) is 11.6 Å². The van der Waals surface area contributed by atoms with Crippen LogP contribution in [0.4, 0.5) is 8.78 Å². The third kappa shape index (κ3) is 10.6. The highest BCUT2D eigenvalue weighted by Gasteiger charge is 2.25. The molecule has 0 heterocycles. The molecule has 40 heavy (non-hydrogen) atoms. The summed E-state index contributed by atoms with van der Waals surface area (Å²) in [7, 11) is 0. The van der Waals surface area contributed by atoms with E-state index in [4.69, 9.17) is 10.8 Å². The molecule has 0 fully saturated rings. The molecule has 0 aliphatic carbocycles. The fraction of sp³-hybridized carbons (Fsp3) is 0.548. The van der Waals surface area contributed by atoms with Crippen LogP contribution in [0.25, 0.3) is 0 Å². The van der Waals surface area contributed by atoms with E-state index in [0.29, 0.717) is 49.2 Å². The summed E-state index contributed by atoms with van der Waals surface area (Å²) in [6, 6.07) is 7.36. The summed E-state index contributed by atoms with van der Waals surface area (Å²) in [4.78, 5) is 30.3. The zero-order chi connectivity index (χ0) is 29.7. The largest absolute Gasteiger partial charge is 0.396 e. The highest BCUT2D eigenvalue weighted by atomic mass is 19.1. The van der Waals surface area contributed by atoms with Crippen molar-refractivity contribution >= 4 is 11.8 Å². The number of aliphatic hydroxyl groups excluding tert-OH is 2. The molecule has 0 aliphatic heterocycles. The van der Waals surface area contributed by atoms with E-state index in [0.717, 1.165) is 37.3 Å². The van der Waals surface area contributed by atoms with Crippen LogP contribution < -0.4 is 5.73 Å². The Balaban J connectivity index is 2.26. The minimum absolute atomic E-state index is 0.0299. The van der Waals surface area contributed by atoms with Crippen molar-refractivity contribution in [2.24, 2.45) is 5.73 Å². The van der Waals surface area contributed by atoms with Crippen molar-refractivity contribution in [3.63, 3.8) is 0 Å². The van der Waals surface area contributed by atoms with E-state index in [2.05, 4.69) is 0 Å². The summed E-state index contributed by atoms with van der Waals surface area (Å²) in [5.41, 5.74) is 8.08. The van der Waals surface area contributed by atoms with Gasteiger partial charge in [0.25, 0.3) is 11.8 Å². The Kier molecular flexibility index (Phi) is 14.2. The first-order chi connectivity index (χ1) is 19.1. The number of rotatable bonds is 17. The molecule has 0 saturated carbocycles. The molecule has 2 aromatic rings. The van der Waals surface area contributed by atoms with Gasteiger partial charge in [0.05, 0.1) is 6.10 Å². The number of amides is 2. The summed E-state index contributed by atoms with van der Waals surface area (Å²) in [6.45, 7) is 7.49. The van der Waals surface area contributed by atoms with Gasteiger partial charge in [0.15, 0.2) is 0 Å². The number of unbranched alkanes of at least 4 members (excludes halogenated alkanes) is 3. The van der Waals surface area contributed by atoms with Crippen molar-refractivity contribution in [1.29, 1.82) is 0 Å². The fourth-order valence-corrected chi connectivity index (χ4v) is 4.79. The van der Waals surface area contributed by atoms with Crippen LogP contribution in [0.3, 0.4) is 0 Å². The topological polar surface area (TPSA) is 107 Å². The molecule has 0 radical (unpaired) electrons. The Morgan fingerprint density at radius 1 is 0.825 bits per heavy atom. The third-order valence-corrected chi connectivity index (χ3v) is 6.76. The molecule has 0 aromatic heterocycles. The zero-order valence-electron chi connectivity index (χ0n) is 24.0. The summed E-state index contributed by atoms with van der Waals surface area (Å²) in [5, 5.41) is 20.0. The van der Waals surface area contributed by atoms with E-state index < -0.39 is 23.8 Å². The second-order valence-electron chi connectivity index (χ2n) is 10.5. The molecule has 4 N–H and O–H groups in total. The van der Waals surface area contributed by atoms with Gasteiger partial charge in [-0.3, -0.25) is 9.59 Å². The molecule has 7 nitrogen and oxygen atoms in total. The first-order valence-electron chi connectivity index (χ1n) is 14.3. The van der Waals surface area contributed by atoms with Gasteiger partial charge in [-0.05, 0) is 80.5 Å². The maximum Gasteiger partial charge on any atom is 0.253 e. The first-order valence-corrected chi connectivity index (χ1v) is 14.3. The van der Waals surface area contributed by atoms with Crippen molar-refractivity contribution in [2.45, 2.75) is 77.9 Å². The number of halogens is 2. The van der Waals surface area contributed by atoms with Gasteiger partial charge in [-0.1, -0.05) is 26.7 Å². The van der Waals surface area contributed by atoms with Gasteiger partial charge in [0.2, 0.25) is 0 Å². The normalized spacial score (nSPS) is 12.7. The Labute approximate surface area is 237 Å². The molecule has 0 unspecified atom stereocenters. The number of aliphatic hydroxyl groups is 2. The molecule has 2 rings (SSSR count). The van der Waals surface area contributed by atoms with Gasteiger partial charge in [-0.15, -0.1) is 0 Å². The maximum absolute atomic E-state index is 13.7. The second-order valence-corrected chi connectivity index (χ2v) is 10.5. The predicted molar refractivity (Wildman–Crippen MR) is 153 cm³/mol. The molecule has 0 spiro atoms. The molecule has 0 saturated heterocycles. The van der Waals surface area contributed by atoms with Gasteiger partial charge in [-0.2, -0.15) is 0 Å². The van der Waals surface area contributed by atoms with E-state index in [9.17, 15) is 23.5 Å². The van der Waals surface area contributed by atoms with Crippen LogP contribution in [0, 0.1) is 18.6 Å². The molecule has 9 heteroatoms. The number of carbonyl (C=O) groups is 2. The average Bonchev–Trinajstić information content (AvgIpc) is 2.90. The zero-order valence-corrected chi connectivity index (χ0v) is 24.0. The van der Waals surface area contributed by atoms with Crippen LogP contribution in [0.15, 0.2) is 36.4 Å². The lowest BCUT2D eigenvalue weighted by molar-refractivity contribution is 0.0568. The molecule has 2 atom stereocenters. The Morgan fingerprint density at radius 3 is 1.93 bits per heavy atom. The van der Waals surface area contributed by atoms with Crippen molar-refractivity contribution in [3.05, 3.63) is 70.3 Å². The van der Waals surface area contributed by atoms with E-state index in [1.54, 1.807) is 23.1 Å². The van der Waals surface area contributed by atoms with Crippen LogP contribution in [0.2, 0.25) is 0 Å². The lowest BCUT2D eigenvalue weighted by Gasteiger charge is -2.29. The number of hydrogen-bond acceptors (Lipinski definition) is 5. The van der Waals surface area contributed by atoms with Gasteiger partial charge < -0.3 is 25.7 Å². The number of carbonyl (C=O) groups excluding carboxylic acids is 2. The average molecular weight is 562 g/mol. The quantitative estimate of drug-likeness (QED) is 0.247. The van der Waals surface area contributed by atoms with E-state index >= 15 is 0 Å².